The van der Waals surface area contributed by atoms with E-state index in [9.17, 15) is 9.59 Å². The van der Waals surface area contributed by atoms with Gasteiger partial charge >= 0.3 is 0 Å². The van der Waals surface area contributed by atoms with Crippen molar-refractivity contribution in [2.75, 3.05) is 0 Å². The molecule has 2 N–H and O–H groups in total. The van der Waals surface area contributed by atoms with E-state index in [1.54, 1.807) is 6.07 Å². The number of pyridine rings is 1. The van der Waals surface area contributed by atoms with Crippen LogP contribution in [0.1, 0.15) is 46.6 Å². The van der Waals surface area contributed by atoms with Crippen LogP contribution in [0.25, 0.3) is 0 Å². The average Bonchev–Trinajstić information content (AvgIpc) is 2.54. The third-order valence-electron chi connectivity index (χ3n) is 3.92. The second kappa shape index (κ2) is 7.59. The molecule has 23 heavy (non-hydrogen) atoms. The minimum atomic E-state index is -0.176. The fraction of sp³-hybridized carbons (Fsp3) is 0.333. The smallest absolute Gasteiger partial charge is 0.253 e. The highest BCUT2D eigenvalue weighted by molar-refractivity contribution is 9.10. The second-order valence-corrected chi connectivity index (χ2v) is 6.39. The number of halogens is 1. The molecule has 122 valence electrons. The van der Waals surface area contributed by atoms with Gasteiger partial charge in [-0.3, -0.25) is 9.59 Å². The summed E-state index contributed by atoms with van der Waals surface area (Å²) < 4.78 is 0.854. The summed E-state index contributed by atoms with van der Waals surface area (Å²) >= 11 is 3.38. The Kier molecular flexibility index (Phi) is 5.77. The Hall–Kier alpha value is -1.88. The zero-order chi connectivity index (χ0) is 17.0. The number of carbonyl (C=O) groups is 1. The van der Waals surface area contributed by atoms with Gasteiger partial charge in [0.1, 0.15) is 0 Å². The molecule has 1 amide bonds. The van der Waals surface area contributed by atoms with E-state index in [2.05, 4.69) is 26.2 Å². The highest BCUT2D eigenvalue weighted by Gasteiger charge is 2.12. The van der Waals surface area contributed by atoms with E-state index in [1.165, 1.54) is 0 Å². The summed E-state index contributed by atoms with van der Waals surface area (Å²) in [5.74, 6) is -0.176. The van der Waals surface area contributed by atoms with Gasteiger partial charge in [0, 0.05) is 27.8 Å². The molecule has 4 nitrogen and oxygen atoms in total. The van der Waals surface area contributed by atoms with Crippen LogP contribution < -0.4 is 10.9 Å². The number of carbonyl (C=O) groups excluding carboxylic acids is 1. The van der Waals surface area contributed by atoms with Crippen LogP contribution in [0.15, 0.2) is 33.5 Å². The molecular weight excluding hydrogens is 356 g/mol. The molecule has 0 aliphatic heterocycles. The number of aromatic amines is 1. The Morgan fingerprint density at radius 1 is 1.22 bits per heavy atom. The topological polar surface area (TPSA) is 62.0 Å². The third-order valence-corrected chi connectivity index (χ3v) is 4.41. The highest BCUT2D eigenvalue weighted by Crippen LogP contribution is 2.16. The summed E-state index contributed by atoms with van der Waals surface area (Å²) in [6.07, 6.45) is 1.55. The number of nitrogens with one attached hydrogen (secondary N) is 2. The Balaban J connectivity index is 2.22. The molecule has 1 aromatic carbocycles. The van der Waals surface area contributed by atoms with Crippen LogP contribution in [0.5, 0.6) is 0 Å². The molecule has 0 fully saturated rings. The number of hydrogen-bond donors (Lipinski definition) is 2. The van der Waals surface area contributed by atoms with Crippen molar-refractivity contribution in [3.8, 4) is 0 Å². The van der Waals surface area contributed by atoms with Gasteiger partial charge in [-0.25, -0.2) is 0 Å². The van der Waals surface area contributed by atoms with Gasteiger partial charge in [-0.2, -0.15) is 0 Å². The van der Waals surface area contributed by atoms with Crippen molar-refractivity contribution in [3.05, 3.63) is 67.0 Å². The number of amides is 1. The molecule has 2 aromatic rings. The van der Waals surface area contributed by atoms with Crippen LogP contribution in [-0.2, 0) is 19.4 Å². The Bertz CT molecular complexity index is 781. The minimum Gasteiger partial charge on any atom is -0.348 e. The second-order valence-electron chi connectivity index (χ2n) is 5.48. The van der Waals surface area contributed by atoms with E-state index in [-0.39, 0.29) is 18.0 Å². The van der Waals surface area contributed by atoms with Gasteiger partial charge in [0.2, 0.25) is 0 Å². The normalized spacial score (nSPS) is 10.6. The zero-order valence-corrected chi connectivity index (χ0v) is 15.2. The lowest BCUT2D eigenvalue weighted by atomic mass is 10.0. The minimum absolute atomic E-state index is 0.118. The van der Waals surface area contributed by atoms with Gasteiger partial charge in [0.05, 0.1) is 0 Å². The van der Waals surface area contributed by atoms with E-state index in [4.69, 9.17) is 0 Å². The van der Waals surface area contributed by atoms with Crippen molar-refractivity contribution < 1.29 is 4.79 Å². The lowest BCUT2D eigenvalue weighted by molar-refractivity contribution is 0.0950. The standard InChI is InChI=1S/C18H21BrN2O2/c1-4-12-8-14(5-2)21-18(23)16(12)10-20-17(22)15-9-13(19)7-6-11(15)3/h6-9H,4-5,10H2,1-3H3,(H,20,22)(H,21,23). The van der Waals surface area contributed by atoms with Crippen molar-refractivity contribution in [1.82, 2.24) is 10.3 Å². The maximum atomic E-state index is 12.4. The molecular formula is C18H21BrN2O2. The molecule has 0 aliphatic rings. The molecule has 1 heterocycles. The fourth-order valence-corrected chi connectivity index (χ4v) is 2.86. The monoisotopic (exact) mass is 376 g/mol. The third kappa shape index (κ3) is 4.10. The predicted molar refractivity (Wildman–Crippen MR) is 95.9 cm³/mol. The van der Waals surface area contributed by atoms with Crippen LogP contribution in [0.2, 0.25) is 0 Å². The molecule has 5 heteroatoms. The number of rotatable bonds is 5. The predicted octanol–water partition coefficient (Wildman–Crippen LogP) is 3.50. The van der Waals surface area contributed by atoms with E-state index in [1.807, 2.05) is 39.0 Å². The maximum Gasteiger partial charge on any atom is 0.253 e. The van der Waals surface area contributed by atoms with Crippen molar-refractivity contribution in [2.45, 2.75) is 40.2 Å². The van der Waals surface area contributed by atoms with Gasteiger partial charge in [0.15, 0.2) is 0 Å². The largest absolute Gasteiger partial charge is 0.348 e. The Morgan fingerprint density at radius 3 is 2.61 bits per heavy atom. The fourth-order valence-electron chi connectivity index (χ4n) is 2.50. The highest BCUT2D eigenvalue weighted by atomic mass is 79.9. The molecule has 1 aromatic heterocycles. The van der Waals surface area contributed by atoms with E-state index < -0.39 is 0 Å². The van der Waals surface area contributed by atoms with Gasteiger partial charge in [-0.1, -0.05) is 35.8 Å². The van der Waals surface area contributed by atoms with E-state index in [0.717, 1.165) is 34.1 Å². The molecule has 2 rings (SSSR count). The summed E-state index contributed by atoms with van der Waals surface area (Å²) in [7, 11) is 0. The SMILES string of the molecule is CCc1cc(CC)c(CNC(=O)c2cc(Br)ccc2C)c(=O)[nH]1. The van der Waals surface area contributed by atoms with E-state index in [0.29, 0.717) is 11.1 Å². The summed E-state index contributed by atoms with van der Waals surface area (Å²) in [5.41, 5.74) is 3.93. The molecule has 0 atom stereocenters. The Labute approximate surface area is 144 Å². The number of H-pyrrole nitrogens is 1. The zero-order valence-electron chi connectivity index (χ0n) is 13.6. The summed E-state index contributed by atoms with van der Waals surface area (Å²) in [6, 6.07) is 7.58. The lowest BCUT2D eigenvalue weighted by Crippen LogP contribution is -2.29. The molecule has 0 spiro atoms. The number of benzene rings is 1. The van der Waals surface area contributed by atoms with Crippen molar-refractivity contribution >= 4 is 21.8 Å². The van der Waals surface area contributed by atoms with Crippen LogP contribution in [0, 0.1) is 6.92 Å². The molecule has 0 bridgehead atoms. The van der Waals surface area contributed by atoms with Crippen LogP contribution in [-0.4, -0.2) is 10.9 Å². The van der Waals surface area contributed by atoms with Gasteiger partial charge < -0.3 is 10.3 Å². The molecule has 0 aliphatic carbocycles. The van der Waals surface area contributed by atoms with Crippen LogP contribution >= 0.6 is 15.9 Å². The first-order valence-corrected chi connectivity index (χ1v) is 8.53. The average molecular weight is 377 g/mol. The summed E-state index contributed by atoms with van der Waals surface area (Å²) in [6.45, 7) is 6.13. The van der Waals surface area contributed by atoms with Gasteiger partial charge in [-0.05, 0) is 49.1 Å². The van der Waals surface area contributed by atoms with Gasteiger partial charge in [-0.15, -0.1) is 0 Å². The number of hydrogen-bond acceptors (Lipinski definition) is 2. The Morgan fingerprint density at radius 2 is 1.96 bits per heavy atom. The molecule has 0 saturated heterocycles. The first-order chi connectivity index (χ1) is 11.0. The van der Waals surface area contributed by atoms with Crippen molar-refractivity contribution in [2.24, 2.45) is 0 Å². The van der Waals surface area contributed by atoms with Crippen LogP contribution in [0.3, 0.4) is 0 Å². The number of aromatic nitrogens is 1. The maximum absolute atomic E-state index is 12.4. The van der Waals surface area contributed by atoms with Gasteiger partial charge in [0.25, 0.3) is 11.5 Å². The first-order valence-electron chi connectivity index (χ1n) is 7.74. The lowest BCUT2D eigenvalue weighted by Gasteiger charge is -2.11. The van der Waals surface area contributed by atoms with Crippen molar-refractivity contribution in [3.63, 3.8) is 0 Å². The summed E-state index contributed by atoms with van der Waals surface area (Å²) in [4.78, 5) is 27.5. The number of aryl methyl sites for hydroxylation is 3. The van der Waals surface area contributed by atoms with Crippen LogP contribution in [0.4, 0.5) is 0 Å². The molecule has 0 unspecified atom stereocenters. The molecule has 0 radical (unpaired) electrons. The quantitative estimate of drug-likeness (QED) is 0.838. The first kappa shape index (κ1) is 17.5. The van der Waals surface area contributed by atoms with Crippen molar-refractivity contribution in [1.29, 1.82) is 0 Å². The van der Waals surface area contributed by atoms with E-state index >= 15 is 0 Å². The molecule has 0 saturated carbocycles. The summed E-state index contributed by atoms with van der Waals surface area (Å²) in [5, 5.41) is 2.86.